The Balaban J connectivity index is 2.24. The second kappa shape index (κ2) is 6.05. The Bertz CT molecular complexity index is 729. The van der Waals surface area contributed by atoms with Crippen LogP contribution in [0.5, 0.6) is 0 Å². The number of anilines is 1. The molecule has 0 aromatic heterocycles. The molecular formula is C15H13BrN2O3. The molecule has 0 saturated heterocycles. The first-order chi connectivity index (χ1) is 9.88. The molecule has 0 spiro atoms. The maximum atomic E-state index is 12.2. The molecule has 2 aromatic rings. The van der Waals surface area contributed by atoms with Crippen LogP contribution >= 0.6 is 15.9 Å². The van der Waals surface area contributed by atoms with Gasteiger partial charge in [-0.15, -0.1) is 0 Å². The molecule has 5 nitrogen and oxygen atoms in total. The summed E-state index contributed by atoms with van der Waals surface area (Å²) in [6, 6.07) is 9.69. The molecule has 6 heteroatoms. The molecule has 1 amide bonds. The number of nitrogens with one attached hydrogen (secondary N) is 1. The molecular weight excluding hydrogens is 336 g/mol. The van der Waals surface area contributed by atoms with Crippen LogP contribution in [0, 0.1) is 24.0 Å². The predicted molar refractivity (Wildman–Crippen MR) is 84.7 cm³/mol. The fourth-order valence-corrected chi connectivity index (χ4v) is 2.26. The van der Waals surface area contributed by atoms with E-state index in [1.807, 2.05) is 19.1 Å². The van der Waals surface area contributed by atoms with Crippen molar-refractivity contribution in [3.63, 3.8) is 0 Å². The van der Waals surface area contributed by atoms with Crippen LogP contribution in [-0.4, -0.2) is 10.8 Å². The van der Waals surface area contributed by atoms with Crippen LogP contribution in [0.3, 0.4) is 0 Å². The maximum absolute atomic E-state index is 12.2. The Morgan fingerprint density at radius 3 is 2.43 bits per heavy atom. The van der Waals surface area contributed by atoms with Gasteiger partial charge in [-0.2, -0.15) is 0 Å². The molecule has 0 atom stereocenters. The van der Waals surface area contributed by atoms with Gasteiger partial charge < -0.3 is 5.32 Å². The molecule has 0 aliphatic carbocycles. The molecule has 108 valence electrons. The third kappa shape index (κ3) is 3.46. The average molecular weight is 349 g/mol. The Labute approximate surface area is 130 Å². The summed E-state index contributed by atoms with van der Waals surface area (Å²) >= 11 is 3.41. The highest BCUT2D eigenvalue weighted by Gasteiger charge is 2.13. The first-order valence-electron chi connectivity index (χ1n) is 6.21. The number of hydrogen-bond donors (Lipinski definition) is 1. The largest absolute Gasteiger partial charge is 0.322 e. The predicted octanol–water partition coefficient (Wildman–Crippen LogP) is 4.23. The van der Waals surface area contributed by atoms with Gasteiger partial charge in [0.25, 0.3) is 11.6 Å². The van der Waals surface area contributed by atoms with E-state index in [4.69, 9.17) is 0 Å². The lowest BCUT2D eigenvalue weighted by Crippen LogP contribution is -2.13. The van der Waals surface area contributed by atoms with Crippen molar-refractivity contribution in [2.75, 3.05) is 5.32 Å². The number of amides is 1. The minimum Gasteiger partial charge on any atom is -0.322 e. The molecule has 21 heavy (non-hydrogen) atoms. The summed E-state index contributed by atoms with van der Waals surface area (Å²) in [6.07, 6.45) is 0. The van der Waals surface area contributed by atoms with Crippen molar-refractivity contribution in [3.05, 3.63) is 67.7 Å². The lowest BCUT2D eigenvalue weighted by Gasteiger charge is -2.09. The second-order valence-electron chi connectivity index (χ2n) is 4.67. The first kappa shape index (κ1) is 15.2. The molecule has 0 saturated carbocycles. The van der Waals surface area contributed by atoms with Gasteiger partial charge in [0, 0.05) is 27.9 Å². The van der Waals surface area contributed by atoms with Gasteiger partial charge in [0.1, 0.15) is 0 Å². The number of hydrogen-bond acceptors (Lipinski definition) is 3. The van der Waals surface area contributed by atoms with E-state index in [0.29, 0.717) is 16.8 Å². The van der Waals surface area contributed by atoms with Crippen LogP contribution in [-0.2, 0) is 0 Å². The molecule has 1 N–H and O–H groups in total. The number of benzene rings is 2. The van der Waals surface area contributed by atoms with E-state index in [2.05, 4.69) is 21.2 Å². The number of nitro groups is 1. The monoisotopic (exact) mass is 348 g/mol. The average Bonchev–Trinajstić information content (AvgIpc) is 2.42. The van der Waals surface area contributed by atoms with Crippen LogP contribution in [0.4, 0.5) is 11.4 Å². The number of nitro benzene ring substituents is 1. The van der Waals surface area contributed by atoms with Crippen LogP contribution in [0.2, 0.25) is 0 Å². The lowest BCUT2D eigenvalue weighted by molar-refractivity contribution is -0.384. The molecule has 2 aromatic carbocycles. The van der Waals surface area contributed by atoms with Gasteiger partial charge in [-0.3, -0.25) is 14.9 Å². The van der Waals surface area contributed by atoms with Crippen molar-refractivity contribution in [1.29, 1.82) is 0 Å². The zero-order valence-corrected chi connectivity index (χ0v) is 13.1. The van der Waals surface area contributed by atoms with Crippen molar-refractivity contribution in [3.8, 4) is 0 Å². The van der Waals surface area contributed by atoms with Crippen molar-refractivity contribution in [2.24, 2.45) is 0 Å². The highest BCUT2D eigenvalue weighted by atomic mass is 79.9. The maximum Gasteiger partial charge on any atom is 0.269 e. The fraction of sp³-hybridized carbons (Fsp3) is 0.133. The van der Waals surface area contributed by atoms with Gasteiger partial charge in [-0.05, 0) is 43.2 Å². The molecule has 2 rings (SSSR count). The summed E-state index contributed by atoms with van der Waals surface area (Å²) in [5.41, 5.74) is 2.68. The van der Waals surface area contributed by atoms with E-state index >= 15 is 0 Å². The van der Waals surface area contributed by atoms with Gasteiger partial charge in [-0.1, -0.05) is 22.0 Å². The number of rotatable bonds is 3. The number of aryl methyl sites for hydroxylation is 2. The minimum absolute atomic E-state index is 0.0258. The summed E-state index contributed by atoms with van der Waals surface area (Å²) in [4.78, 5) is 22.4. The van der Waals surface area contributed by atoms with Crippen LogP contribution < -0.4 is 5.32 Å². The standard InChI is InChI=1S/C15H13BrN2O3/c1-9-3-4-11(8-14(9)16)17-15(19)13-6-5-12(18(20)21)7-10(13)2/h3-8H,1-2H3,(H,17,19). The number of halogens is 1. The van der Waals surface area contributed by atoms with Crippen molar-refractivity contribution >= 4 is 33.2 Å². The number of carbonyl (C=O) groups is 1. The van der Waals surface area contributed by atoms with Gasteiger partial charge in [-0.25, -0.2) is 0 Å². The van der Waals surface area contributed by atoms with E-state index in [1.165, 1.54) is 18.2 Å². The van der Waals surface area contributed by atoms with Gasteiger partial charge in [0.05, 0.1) is 4.92 Å². The Hall–Kier alpha value is -2.21. The Morgan fingerprint density at radius 2 is 1.86 bits per heavy atom. The Morgan fingerprint density at radius 1 is 1.14 bits per heavy atom. The summed E-state index contributed by atoms with van der Waals surface area (Å²) in [6.45, 7) is 3.63. The van der Waals surface area contributed by atoms with E-state index < -0.39 is 4.92 Å². The first-order valence-corrected chi connectivity index (χ1v) is 7.00. The molecule has 0 bridgehead atoms. The fourth-order valence-electron chi connectivity index (χ4n) is 1.89. The summed E-state index contributed by atoms with van der Waals surface area (Å²) in [5.74, 6) is -0.293. The number of nitrogens with zero attached hydrogens (tertiary/aromatic N) is 1. The quantitative estimate of drug-likeness (QED) is 0.666. The highest BCUT2D eigenvalue weighted by molar-refractivity contribution is 9.10. The van der Waals surface area contributed by atoms with E-state index in [0.717, 1.165) is 10.0 Å². The van der Waals surface area contributed by atoms with Crippen LogP contribution in [0.25, 0.3) is 0 Å². The molecule has 0 aliphatic rings. The molecule has 0 fully saturated rings. The highest BCUT2D eigenvalue weighted by Crippen LogP contribution is 2.22. The van der Waals surface area contributed by atoms with Crippen LogP contribution in [0.1, 0.15) is 21.5 Å². The molecule has 0 unspecified atom stereocenters. The third-order valence-electron chi connectivity index (χ3n) is 3.10. The summed E-state index contributed by atoms with van der Waals surface area (Å²) in [7, 11) is 0. The minimum atomic E-state index is -0.480. The zero-order valence-electron chi connectivity index (χ0n) is 11.5. The smallest absolute Gasteiger partial charge is 0.269 e. The zero-order chi connectivity index (χ0) is 15.6. The number of non-ortho nitro benzene ring substituents is 1. The van der Waals surface area contributed by atoms with E-state index in [1.54, 1.807) is 13.0 Å². The Kier molecular flexibility index (Phi) is 4.37. The van der Waals surface area contributed by atoms with Crippen molar-refractivity contribution in [1.82, 2.24) is 0 Å². The SMILES string of the molecule is Cc1ccc(NC(=O)c2ccc([N+](=O)[O-])cc2C)cc1Br. The molecule has 0 aliphatic heterocycles. The molecule has 0 radical (unpaired) electrons. The van der Waals surface area contributed by atoms with Crippen LogP contribution in [0.15, 0.2) is 40.9 Å². The van der Waals surface area contributed by atoms with Crippen molar-refractivity contribution < 1.29 is 9.72 Å². The summed E-state index contributed by atoms with van der Waals surface area (Å²) < 4.78 is 0.903. The van der Waals surface area contributed by atoms with Gasteiger partial charge in [0.2, 0.25) is 0 Å². The van der Waals surface area contributed by atoms with Gasteiger partial charge >= 0.3 is 0 Å². The summed E-state index contributed by atoms with van der Waals surface area (Å²) in [5, 5.41) is 13.5. The van der Waals surface area contributed by atoms with E-state index in [9.17, 15) is 14.9 Å². The second-order valence-corrected chi connectivity index (χ2v) is 5.53. The normalized spacial score (nSPS) is 10.2. The third-order valence-corrected chi connectivity index (χ3v) is 3.95. The lowest BCUT2D eigenvalue weighted by atomic mass is 10.1. The van der Waals surface area contributed by atoms with E-state index in [-0.39, 0.29) is 11.6 Å². The number of carbonyl (C=O) groups excluding carboxylic acids is 1. The topological polar surface area (TPSA) is 72.2 Å². The van der Waals surface area contributed by atoms with Crippen molar-refractivity contribution in [2.45, 2.75) is 13.8 Å². The van der Waals surface area contributed by atoms with Gasteiger partial charge in [0.15, 0.2) is 0 Å². The molecule has 0 heterocycles.